The van der Waals surface area contributed by atoms with E-state index < -0.39 is 6.04 Å². The third kappa shape index (κ3) is 4.17. The highest BCUT2D eigenvalue weighted by molar-refractivity contribution is 6.30. The Morgan fingerprint density at radius 3 is 2.52 bits per heavy atom. The number of carbonyl (C=O) groups is 2. The second-order valence-electron chi connectivity index (χ2n) is 5.96. The van der Waals surface area contributed by atoms with Crippen molar-refractivity contribution in [1.82, 2.24) is 5.32 Å². The van der Waals surface area contributed by atoms with Crippen molar-refractivity contribution in [2.45, 2.75) is 25.3 Å². The number of rotatable bonds is 5. The van der Waals surface area contributed by atoms with E-state index >= 15 is 0 Å². The van der Waals surface area contributed by atoms with Crippen LogP contribution >= 0.6 is 11.6 Å². The first-order valence-corrected chi connectivity index (χ1v) is 8.52. The summed E-state index contributed by atoms with van der Waals surface area (Å²) in [5.74, 6) is -0.528. The van der Waals surface area contributed by atoms with E-state index in [4.69, 9.17) is 11.6 Å². The van der Waals surface area contributed by atoms with Gasteiger partial charge in [-0.3, -0.25) is 14.5 Å². The van der Waals surface area contributed by atoms with Gasteiger partial charge in [-0.25, -0.2) is 4.39 Å². The smallest absolute Gasteiger partial charge is 0.243 e. The molecule has 0 bridgehead atoms. The van der Waals surface area contributed by atoms with Gasteiger partial charge in [0.25, 0.3) is 0 Å². The Kier molecular flexibility index (Phi) is 5.34. The fourth-order valence-corrected chi connectivity index (χ4v) is 3.08. The molecule has 0 aliphatic carbocycles. The van der Waals surface area contributed by atoms with Crippen molar-refractivity contribution < 1.29 is 14.0 Å². The van der Waals surface area contributed by atoms with Crippen LogP contribution in [0.15, 0.2) is 48.5 Å². The Labute approximate surface area is 150 Å². The molecule has 130 valence electrons. The van der Waals surface area contributed by atoms with Crippen molar-refractivity contribution in [2.24, 2.45) is 0 Å². The van der Waals surface area contributed by atoms with Crippen LogP contribution in [0, 0.1) is 5.82 Å². The van der Waals surface area contributed by atoms with E-state index in [1.807, 2.05) is 0 Å². The maximum atomic E-state index is 12.9. The first kappa shape index (κ1) is 17.4. The lowest BCUT2D eigenvalue weighted by Crippen LogP contribution is -2.45. The van der Waals surface area contributed by atoms with E-state index in [0.717, 1.165) is 5.56 Å². The largest absolute Gasteiger partial charge is 0.354 e. The zero-order chi connectivity index (χ0) is 17.8. The van der Waals surface area contributed by atoms with Crippen molar-refractivity contribution >= 4 is 29.1 Å². The highest BCUT2D eigenvalue weighted by Crippen LogP contribution is 2.27. The zero-order valence-electron chi connectivity index (χ0n) is 13.5. The lowest BCUT2D eigenvalue weighted by molar-refractivity contribution is -0.123. The van der Waals surface area contributed by atoms with Gasteiger partial charge in [0.15, 0.2) is 0 Å². The maximum absolute atomic E-state index is 12.9. The van der Waals surface area contributed by atoms with Gasteiger partial charge < -0.3 is 5.32 Å². The number of anilines is 1. The van der Waals surface area contributed by atoms with Crippen molar-refractivity contribution in [3.05, 3.63) is 64.9 Å². The molecule has 1 aliphatic heterocycles. The minimum absolute atomic E-state index is 0.0685. The summed E-state index contributed by atoms with van der Waals surface area (Å²) in [6.07, 6.45) is 1.44. The van der Waals surface area contributed by atoms with Crippen LogP contribution in [0.4, 0.5) is 10.1 Å². The Morgan fingerprint density at radius 2 is 1.84 bits per heavy atom. The Balaban J connectivity index is 1.61. The average Bonchev–Trinajstić information content (AvgIpc) is 2.99. The molecule has 1 saturated heterocycles. The van der Waals surface area contributed by atoms with E-state index in [2.05, 4.69) is 5.32 Å². The van der Waals surface area contributed by atoms with Crippen LogP contribution in [0.3, 0.4) is 0 Å². The lowest BCUT2D eigenvalue weighted by atomic mass is 10.1. The van der Waals surface area contributed by atoms with Crippen LogP contribution in [0.5, 0.6) is 0 Å². The van der Waals surface area contributed by atoms with E-state index in [0.29, 0.717) is 36.5 Å². The van der Waals surface area contributed by atoms with Gasteiger partial charge >= 0.3 is 0 Å². The number of benzene rings is 2. The molecule has 2 aromatic rings. The van der Waals surface area contributed by atoms with Crippen LogP contribution in [0.2, 0.25) is 5.02 Å². The van der Waals surface area contributed by atoms with Crippen LogP contribution in [0.1, 0.15) is 18.4 Å². The van der Waals surface area contributed by atoms with Gasteiger partial charge in [0.1, 0.15) is 11.9 Å². The summed E-state index contributed by atoms with van der Waals surface area (Å²) in [7, 11) is 0. The summed E-state index contributed by atoms with van der Waals surface area (Å²) in [4.78, 5) is 26.2. The molecule has 25 heavy (non-hydrogen) atoms. The molecule has 1 aliphatic rings. The van der Waals surface area contributed by atoms with Gasteiger partial charge in [0.2, 0.25) is 11.8 Å². The number of hydrogen-bond donors (Lipinski definition) is 1. The summed E-state index contributed by atoms with van der Waals surface area (Å²) in [5.41, 5.74) is 1.62. The molecule has 0 saturated carbocycles. The highest BCUT2D eigenvalue weighted by Gasteiger charge is 2.36. The molecule has 0 spiro atoms. The topological polar surface area (TPSA) is 49.4 Å². The van der Waals surface area contributed by atoms with Crippen molar-refractivity contribution in [3.63, 3.8) is 0 Å². The van der Waals surface area contributed by atoms with E-state index in [-0.39, 0.29) is 17.6 Å². The molecule has 1 unspecified atom stereocenters. The highest BCUT2D eigenvalue weighted by atomic mass is 35.5. The number of nitrogens with zero attached hydrogens (tertiary/aromatic N) is 1. The van der Waals surface area contributed by atoms with Gasteiger partial charge in [-0.15, -0.1) is 0 Å². The minimum atomic E-state index is -0.512. The Bertz CT molecular complexity index is 762. The van der Waals surface area contributed by atoms with Crippen molar-refractivity contribution in [2.75, 3.05) is 11.4 Å². The summed E-state index contributed by atoms with van der Waals surface area (Å²) in [5, 5.41) is 3.45. The number of nitrogens with one attached hydrogen (secondary N) is 1. The van der Waals surface area contributed by atoms with Gasteiger partial charge in [-0.05, 0) is 54.8 Å². The molecular weight excluding hydrogens is 343 g/mol. The first-order valence-electron chi connectivity index (χ1n) is 8.14. The monoisotopic (exact) mass is 360 g/mol. The predicted octanol–water partition coefficient (Wildman–Crippen LogP) is 3.33. The second-order valence-corrected chi connectivity index (χ2v) is 6.40. The van der Waals surface area contributed by atoms with Crippen LogP contribution in [-0.2, 0) is 16.0 Å². The first-order chi connectivity index (χ1) is 12.0. The fraction of sp³-hybridized carbons (Fsp3) is 0.263. The molecule has 2 aromatic carbocycles. The molecule has 1 atom stereocenters. The van der Waals surface area contributed by atoms with Crippen molar-refractivity contribution in [3.8, 4) is 0 Å². The van der Waals surface area contributed by atoms with E-state index in [1.165, 1.54) is 17.0 Å². The lowest BCUT2D eigenvalue weighted by Gasteiger charge is -2.24. The molecular formula is C19H18ClFN2O2. The maximum Gasteiger partial charge on any atom is 0.243 e. The van der Waals surface area contributed by atoms with Crippen LogP contribution in [0.25, 0.3) is 0 Å². The Hall–Kier alpha value is -2.40. The average molecular weight is 361 g/mol. The molecule has 6 heteroatoms. The van der Waals surface area contributed by atoms with Gasteiger partial charge in [0, 0.05) is 23.7 Å². The Morgan fingerprint density at radius 1 is 1.16 bits per heavy atom. The van der Waals surface area contributed by atoms with Crippen LogP contribution in [-0.4, -0.2) is 24.4 Å². The normalized spacial score (nSPS) is 17.0. The molecule has 1 fully saturated rings. The third-order valence-corrected chi connectivity index (χ3v) is 4.50. The number of halogens is 2. The van der Waals surface area contributed by atoms with Crippen molar-refractivity contribution in [1.29, 1.82) is 0 Å². The predicted molar refractivity (Wildman–Crippen MR) is 95.1 cm³/mol. The molecule has 0 aromatic heterocycles. The van der Waals surface area contributed by atoms with Gasteiger partial charge in [-0.1, -0.05) is 23.7 Å². The number of carbonyl (C=O) groups excluding carboxylic acids is 2. The summed E-state index contributed by atoms with van der Waals surface area (Å²) in [6, 6.07) is 12.6. The van der Waals surface area contributed by atoms with E-state index in [1.54, 1.807) is 36.4 Å². The summed E-state index contributed by atoms with van der Waals surface area (Å²) in [6.45, 7) is 0.434. The summed E-state index contributed by atoms with van der Waals surface area (Å²) < 4.78 is 12.9. The number of amides is 2. The third-order valence-electron chi connectivity index (χ3n) is 4.25. The molecule has 3 rings (SSSR count). The molecule has 1 N–H and O–H groups in total. The molecule has 2 amide bonds. The quantitative estimate of drug-likeness (QED) is 0.889. The molecule has 4 nitrogen and oxygen atoms in total. The standard InChI is InChI=1S/C19H18ClFN2O2/c20-14-3-7-16(8-4-14)23-17(9-10-18(23)24)19(25)22-12-11-13-1-5-15(21)6-2-13/h1-8,17H,9-12H2,(H,22,25). The fourth-order valence-electron chi connectivity index (χ4n) is 2.96. The molecule has 0 radical (unpaired) electrons. The van der Waals surface area contributed by atoms with Crippen LogP contribution < -0.4 is 10.2 Å². The van der Waals surface area contributed by atoms with Gasteiger partial charge in [-0.2, -0.15) is 0 Å². The molecule has 1 heterocycles. The summed E-state index contributed by atoms with van der Waals surface area (Å²) >= 11 is 5.88. The minimum Gasteiger partial charge on any atom is -0.354 e. The SMILES string of the molecule is O=C(NCCc1ccc(F)cc1)C1CCC(=O)N1c1ccc(Cl)cc1. The number of hydrogen-bond acceptors (Lipinski definition) is 2. The zero-order valence-corrected chi connectivity index (χ0v) is 14.3. The second kappa shape index (κ2) is 7.66. The van der Waals surface area contributed by atoms with E-state index in [9.17, 15) is 14.0 Å². The van der Waals surface area contributed by atoms with Gasteiger partial charge in [0.05, 0.1) is 0 Å².